The summed E-state index contributed by atoms with van der Waals surface area (Å²) in [6.45, 7) is 11.4. The Kier molecular flexibility index (Phi) is 4.44. The Labute approximate surface area is 100.0 Å². The van der Waals surface area contributed by atoms with E-state index in [9.17, 15) is 0 Å². The van der Waals surface area contributed by atoms with E-state index in [2.05, 4.69) is 34.6 Å². The summed E-state index contributed by atoms with van der Waals surface area (Å²) in [4.78, 5) is 0. The van der Waals surface area contributed by atoms with Crippen molar-refractivity contribution in [3.8, 4) is 0 Å². The molecule has 0 aliphatic carbocycles. The van der Waals surface area contributed by atoms with Crippen molar-refractivity contribution in [3.63, 3.8) is 0 Å². The summed E-state index contributed by atoms with van der Waals surface area (Å²) in [5.74, 6) is 0.413. The molecule has 4 heteroatoms. The second-order valence-electron chi connectivity index (χ2n) is 5.74. The SMILES string of the molecule is COCCCC(C)B1OC(C)(C)C(C)(C)O1. The van der Waals surface area contributed by atoms with E-state index in [-0.39, 0.29) is 18.3 Å². The lowest BCUT2D eigenvalue weighted by Crippen LogP contribution is -2.41. The van der Waals surface area contributed by atoms with Gasteiger partial charge in [-0.25, -0.2) is 0 Å². The molecule has 1 rings (SSSR count). The quantitative estimate of drug-likeness (QED) is 0.534. The molecule has 94 valence electrons. The first kappa shape index (κ1) is 14.0. The first-order valence-corrected chi connectivity index (χ1v) is 6.15. The summed E-state index contributed by atoms with van der Waals surface area (Å²) >= 11 is 0. The predicted molar refractivity (Wildman–Crippen MR) is 66.6 cm³/mol. The van der Waals surface area contributed by atoms with E-state index in [0.717, 1.165) is 19.4 Å². The van der Waals surface area contributed by atoms with Gasteiger partial charge in [0.05, 0.1) is 11.2 Å². The molecule has 0 amide bonds. The van der Waals surface area contributed by atoms with Gasteiger partial charge in [0.2, 0.25) is 0 Å². The highest BCUT2D eigenvalue weighted by Gasteiger charge is 2.52. The molecule has 0 aromatic carbocycles. The number of hydrogen-bond acceptors (Lipinski definition) is 3. The van der Waals surface area contributed by atoms with E-state index < -0.39 is 0 Å². The summed E-state index contributed by atoms with van der Waals surface area (Å²) in [6.07, 6.45) is 2.13. The van der Waals surface area contributed by atoms with Gasteiger partial charge >= 0.3 is 7.12 Å². The van der Waals surface area contributed by atoms with Crippen LogP contribution in [0.5, 0.6) is 0 Å². The van der Waals surface area contributed by atoms with Crippen LogP contribution in [0.2, 0.25) is 5.82 Å². The van der Waals surface area contributed by atoms with Crippen molar-refractivity contribution in [2.75, 3.05) is 13.7 Å². The van der Waals surface area contributed by atoms with Crippen molar-refractivity contribution >= 4 is 7.12 Å². The Morgan fingerprint density at radius 2 is 1.62 bits per heavy atom. The van der Waals surface area contributed by atoms with Crippen LogP contribution in [0, 0.1) is 0 Å². The van der Waals surface area contributed by atoms with Gasteiger partial charge < -0.3 is 14.0 Å². The van der Waals surface area contributed by atoms with Crippen LogP contribution >= 0.6 is 0 Å². The minimum atomic E-state index is -0.215. The Hall–Kier alpha value is -0.0551. The van der Waals surface area contributed by atoms with Crippen molar-refractivity contribution in [2.45, 2.75) is 64.5 Å². The van der Waals surface area contributed by atoms with E-state index in [1.165, 1.54) is 0 Å². The highest BCUT2D eigenvalue weighted by atomic mass is 16.7. The molecular weight excluding hydrogens is 203 g/mol. The smallest absolute Gasteiger partial charge is 0.403 e. The third-order valence-corrected chi connectivity index (χ3v) is 3.74. The summed E-state index contributed by atoms with van der Waals surface area (Å²) in [6, 6.07) is 0. The Bertz CT molecular complexity index is 212. The zero-order valence-electron chi connectivity index (χ0n) is 11.5. The van der Waals surface area contributed by atoms with Gasteiger partial charge in [-0.2, -0.15) is 0 Å². The van der Waals surface area contributed by atoms with Crippen LogP contribution in [0.25, 0.3) is 0 Å². The van der Waals surface area contributed by atoms with E-state index in [1.807, 2.05) is 0 Å². The van der Waals surface area contributed by atoms with Gasteiger partial charge in [0.1, 0.15) is 0 Å². The minimum absolute atomic E-state index is 0.0816. The lowest BCUT2D eigenvalue weighted by atomic mass is 9.71. The molecule has 1 unspecified atom stereocenters. The number of hydrogen-bond donors (Lipinski definition) is 0. The Morgan fingerprint density at radius 1 is 1.12 bits per heavy atom. The fourth-order valence-electron chi connectivity index (χ4n) is 1.81. The lowest BCUT2D eigenvalue weighted by molar-refractivity contribution is 0.00578. The Balaban J connectivity index is 2.46. The maximum atomic E-state index is 5.99. The summed E-state index contributed by atoms with van der Waals surface area (Å²) in [7, 11) is 1.65. The molecular formula is C12H25BO3. The molecule has 16 heavy (non-hydrogen) atoms. The van der Waals surface area contributed by atoms with Crippen LogP contribution in [0.3, 0.4) is 0 Å². The third kappa shape index (κ3) is 2.99. The van der Waals surface area contributed by atoms with Gasteiger partial charge in [-0.05, 0) is 39.9 Å². The molecule has 3 nitrogen and oxygen atoms in total. The van der Waals surface area contributed by atoms with E-state index in [4.69, 9.17) is 14.0 Å². The molecule has 1 atom stereocenters. The zero-order valence-corrected chi connectivity index (χ0v) is 11.5. The van der Waals surface area contributed by atoms with Crippen LogP contribution < -0.4 is 0 Å². The lowest BCUT2D eigenvalue weighted by Gasteiger charge is -2.32. The van der Waals surface area contributed by atoms with Gasteiger partial charge in [-0.15, -0.1) is 0 Å². The fourth-order valence-corrected chi connectivity index (χ4v) is 1.81. The molecule has 0 N–H and O–H groups in total. The minimum Gasteiger partial charge on any atom is -0.403 e. The molecule has 0 saturated carbocycles. The molecule has 1 aliphatic rings. The zero-order chi connectivity index (χ0) is 12.4. The molecule has 1 aliphatic heterocycles. The average molecular weight is 228 g/mol. The van der Waals surface area contributed by atoms with Crippen molar-refractivity contribution in [2.24, 2.45) is 0 Å². The van der Waals surface area contributed by atoms with Crippen LogP contribution in [-0.4, -0.2) is 32.0 Å². The summed E-state index contributed by atoms with van der Waals surface area (Å²) in [5, 5.41) is 0. The van der Waals surface area contributed by atoms with E-state index in [0.29, 0.717) is 5.82 Å². The average Bonchev–Trinajstić information content (AvgIpc) is 2.36. The van der Waals surface area contributed by atoms with Crippen molar-refractivity contribution in [3.05, 3.63) is 0 Å². The highest BCUT2D eigenvalue weighted by molar-refractivity contribution is 6.47. The molecule has 0 aromatic heterocycles. The summed E-state index contributed by atoms with van der Waals surface area (Å²) < 4.78 is 17.0. The van der Waals surface area contributed by atoms with Gasteiger partial charge in [0, 0.05) is 13.7 Å². The van der Waals surface area contributed by atoms with Crippen LogP contribution in [0.4, 0.5) is 0 Å². The van der Waals surface area contributed by atoms with Crippen LogP contribution in [0.1, 0.15) is 47.5 Å². The second kappa shape index (κ2) is 5.07. The topological polar surface area (TPSA) is 27.7 Å². The number of ether oxygens (including phenoxy) is 1. The first-order valence-electron chi connectivity index (χ1n) is 6.15. The monoisotopic (exact) mass is 228 g/mol. The maximum absolute atomic E-state index is 5.99. The summed E-state index contributed by atoms with van der Waals surface area (Å²) in [5.41, 5.74) is -0.430. The van der Waals surface area contributed by atoms with Crippen LogP contribution in [0.15, 0.2) is 0 Å². The predicted octanol–water partition coefficient (Wildman–Crippen LogP) is 2.90. The van der Waals surface area contributed by atoms with Gasteiger partial charge in [0.25, 0.3) is 0 Å². The van der Waals surface area contributed by atoms with Crippen molar-refractivity contribution < 1.29 is 14.0 Å². The molecule has 0 radical (unpaired) electrons. The van der Waals surface area contributed by atoms with Gasteiger partial charge in [-0.1, -0.05) is 13.3 Å². The highest BCUT2D eigenvalue weighted by Crippen LogP contribution is 2.40. The van der Waals surface area contributed by atoms with Gasteiger partial charge in [0.15, 0.2) is 0 Å². The van der Waals surface area contributed by atoms with E-state index >= 15 is 0 Å². The molecule has 0 aromatic rings. The molecule has 1 heterocycles. The van der Waals surface area contributed by atoms with Crippen LogP contribution in [-0.2, 0) is 14.0 Å². The third-order valence-electron chi connectivity index (χ3n) is 3.74. The van der Waals surface area contributed by atoms with Crippen molar-refractivity contribution in [1.82, 2.24) is 0 Å². The molecule has 1 saturated heterocycles. The van der Waals surface area contributed by atoms with Gasteiger partial charge in [-0.3, -0.25) is 0 Å². The number of rotatable bonds is 5. The fraction of sp³-hybridized carbons (Fsp3) is 1.00. The maximum Gasteiger partial charge on any atom is 0.460 e. The molecule has 1 fully saturated rings. The first-order chi connectivity index (χ1) is 7.30. The number of methoxy groups -OCH3 is 1. The molecule has 0 bridgehead atoms. The van der Waals surface area contributed by atoms with E-state index in [1.54, 1.807) is 7.11 Å². The largest absolute Gasteiger partial charge is 0.460 e. The van der Waals surface area contributed by atoms with Crippen molar-refractivity contribution in [1.29, 1.82) is 0 Å². The second-order valence-corrected chi connectivity index (χ2v) is 5.74. The standard InChI is InChI=1S/C12H25BO3/c1-10(8-7-9-14-6)13-15-11(2,3)12(4,5)16-13/h10H,7-9H2,1-6H3. The molecule has 0 spiro atoms. The normalized spacial score (nSPS) is 24.8. The Morgan fingerprint density at radius 3 is 2.06 bits per heavy atom.